The molecule has 4 rings (SSSR count). The minimum absolute atomic E-state index is 0.0537. The van der Waals surface area contributed by atoms with Crippen LogP contribution in [0.15, 0.2) is 12.2 Å². The maximum atomic E-state index is 15.2. The van der Waals surface area contributed by atoms with Crippen LogP contribution in [0.5, 0.6) is 0 Å². The number of hydrogen-bond acceptors (Lipinski definition) is 1. The minimum Gasteiger partial charge on any atom is -0.390 e. The van der Waals surface area contributed by atoms with Crippen molar-refractivity contribution < 1.29 is 13.9 Å². The molecule has 0 bridgehead atoms. The van der Waals surface area contributed by atoms with Gasteiger partial charge in [0.25, 0.3) is 5.92 Å². The van der Waals surface area contributed by atoms with Gasteiger partial charge in [-0.2, -0.15) is 0 Å². The van der Waals surface area contributed by atoms with Crippen molar-refractivity contribution >= 4 is 0 Å². The van der Waals surface area contributed by atoms with Crippen LogP contribution in [0.3, 0.4) is 0 Å². The monoisotopic (exact) mass is 352 g/mol. The van der Waals surface area contributed by atoms with Gasteiger partial charge in [-0.05, 0) is 93.8 Å². The second-order valence-electron chi connectivity index (χ2n) is 10.4. The van der Waals surface area contributed by atoms with Crippen molar-refractivity contribution in [2.45, 2.75) is 83.7 Å². The highest BCUT2D eigenvalue weighted by molar-refractivity contribution is 5.15. The predicted molar refractivity (Wildman–Crippen MR) is 96.4 cm³/mol. The third-order valence-corrected chi connectivity index (χ3v) is 8.88. The zero-order valence-electron chi connectivity index (χ0n) is 16.0. The van der Waals surface area contributed by atoms with Gasteiger partial charge in [0, 0.05) is 12.3 Å². The van der Waals surface area contributed by atoms with Crippen molar-refractivity contribution in [3.8, 4) is 0 Å². The first-order valence-electron chi connectivity index (χ1n) is 10.3. The van der Waals surface area contributed by atoms with Crippen LogP contribution < -0.4 is 0 Å². The first kappa shape index (κ1) is 17.9. The van der Waals surface area contributed by atoms with Gasteiger partial charge in [-0.25, -0.2) is 8.78 Å². The molecule has 0 radical (unpaired) electrons. The molecule has 0 aromatic heterocycles. The van der Waals surface area contributed by atoms with Crippen LogP contribution in [0.2, 0.25) is 0 Å². The van der Waals surface area contributed by atoms with Gasteiger partial charge in [-0.3, -0.25) is 0 Å². The summed E-state index contributed by atoms with van der Waals surface area (Å²) in [7, 11) is 0. The van der Waals surface area contributed by atoms with Crippen LogP contribution in [-0.4, -0.2) is 16.6 Å². The van der Waals surface area contributed by atoms with Crippen molar-refractivity contribution in [1.82, 2.24) is 0 Å². The number of rotatable bonds is 1. The lowest BCUT2D eigenvalue weighted by Crippen LogP contribution is -2.57. The number of hydrogen-bond donors (Lipinski definition) is 1. The van der Waals surface area contributed by atoms with Crippen LogP contribution in [0.1, 0.15) is 72.1 Å². The van der Waals surface area contributed by atoms with E-state index < -0.39 is 17.4 Å². The normalized spacial score (nSPS) is 54.3. The molecule has 4 aliphatic rings. The van der Waals surface area contributed by atoms with Crippen molar-refractivity contribution in [3.63, 3.8) is 0 Å². The summed E-state index contributed by atoms with van der Waals surface area (Å²) < 4.78 is 30.3. The molecule has 0 saturated heterocycles. The van der Waals surface area contributed by atoms with Gasteiger partial charge in [0.05, 0.1) is 5.60 Å². The molecular weight excluding hydrogens is 318 g/mol. The molecule has 1 nitrogen and oxygen atoms in total. The lowest BCUT2D eigenvalue weighted by atomic mass is 9.48. The molecule has 8 atom stereocenters. The van der Waals surface area contributed by atoms with Gasteiger partial charge in [0.1, 0.15) is 0 Å². The van der Waals surface area contributed by atoms with E-state index in [0.29, 0.717) is 24.2 Å². The highest BCUT2D eigenvalue weighted by atomic mass is 19.3. The van der Waals surface area contributed by atoms with E-state index in [1.165, 1.54) is 12.0 Å². The quantitative estimate of drug-likeness (QED) is 0.589. The molecule has 4 saturated carbocycles. The van der Waals surface area contributed by atoms with E-state index in [0.717, 1.165) is 25.7 Å². The largest absolute Gasteiger partial charge is 0.390 e. The molecule has 4 aliphatic carbocycles. The molecule has 0 aliphatic heterocycles. The summed E-state index contributed by atoms with van der Waals surface area (Å²) in [6.45, 7) is 10.4. The number of fused-ring (bicyclic) bond motifs is 5. The zero-order chi connectivity index (χ0) is 18.2. The van der Waals surface area contributed by atoms with E-state index in [1.807, 2.05) is 0 Å². The number of alkyl halides is 2. The summed E-state index contributed by atoms with van der Waals surface area (Å²) in [4.78, 5) is 0. The highest BCUT2D eigenvalue weighted by Crippen LogP contribution is 2.67. The molecule has 142 valence electrons. The summed E-state index contributed by atoms with van der Waals surface area (Å²) in [5.41, 5.74) is 0.521. The van der Waals surface area contributed by atoms with E-state index in [-0.39, 0.29) is 30.1 Å². The molecular formula is C22H34F2O. The molecule has 4 fully saturated rings. The molecule has 0 spiro atoms. The topological polar surface area (TPSA) is 20.2 Å². The second-order valence-corrected chi connectivity index (χ2v) is 10.4. The first-order chi connectivity index (χ1) is 11.6. The first-order valence-corrected chi connectivity index (χ1v) is 10.3. The van der Waals surface area contributed by atoms with Gasteiger partial charge in [0.15, 0.2) is 0 Å². The summed E-state index contributed by atoms with van der Waals surface area (Å²) in [6, 6.07) is 0. The van der Waals surface area contributed by atoms with Gasteiger partial charge in [-0.15, -0.1) is 0 Å². The standard InChI is InChI=1S/C22H34F2O/c1-13(2)17-5-6-18-16-11-22(23,24)19-12-20(3,25)9-7-15(19)14(16)8-10-21(17,18)4/h14-19,25H,1,5-12H2,2-4H3/t14-,15-,16-,17-,18+,19-,20-,21-/m1/s1. The van der Waals surface area contributed by atoms with Crippen LogP contribution in [0.4, 0.5) is 8.78 Å². The van der Waals surface area contributed by atoms with Gasteiger partial charge < -0.3 is 5.11 Å². The molecule has 25 heavy (non-hydrogen) atoms. The molecule has 1 N–H and O–H groups in total. The second kappa shape index (κ2) is 5.53. The fourth-order valence-electron chi connectivity index (χ4n) is 7.80. The minimum atomic E-state index is -2.62. The molecule has 0 aromatic rings. The van der Waals surface area contributed by atoms with Crippen molar-refractivity contribution in [1.29, 1.82) is 0 Å². The van der Waals surface area contributed by atoms with Gasteiger partial charge in [0.2, 0.25) is 0 Å². The Kier molecular flexibility index (Phi) is 3.97. The fraction of sp³-hybridized carbons (Fsp3) is 0.909. The predicted octanol–water partition coefficient (Wildman–Crippen LogP) is 5.83. The molecule has 0 aromatic carbocycles. The summed E-state index contributed by atoms with van der Waals surface area (Å²) in [5, 5.41) is 10.4. The van der Waals surface area contributed by atoms with Crippen molar-refractivity contribution in [2.24, 2.45) is 40.9 Å². The van der Waals surface area contributed by atoms with Crippen LogP contribution in [0.25, 0.3) is 0 Å². The average molecular weight is 353 g/mol. The molecule has 0 amide bonds. The Hall–Kier alpha value is -0.440. The average Bonchev–Trinajstić information content (AvgIpc) is 2.84. The Balaban J connectivity index is 1.64. The van der Waals surface area contributed by atoms with E-state index in [9.17, 15) is 5.11 Å². The van der Waals surface area contributed by atoms with Gasteiger partial charge >= 0.3 is 0 Å². The third kappa shape index (κ3) is 2.63. The lowest BCUT2D eigenvalue weighted by molar-refractivity contribution is -0.209. The van der Waals surface area contributed by atoms with Gasteiger partial charge in [-0.1, -0.05) is 19.1 Å². The third-order valence-electron chi connectivity index (χ3n) is 8.88. The SMILES string of the molecule is C=C(C)[C@H]1CC[C@H]2[C@@H]3CC(F)(F)[C@@H]4C[C@](C)(O)CC[C@@H]4[C@H]3CC[C@]12C. The fourth-order valence-corrected chi connectivity index (χ4v) is 7.80. The lowest BCUT2D eigenvalue weighted by Gasteiger charge is -2.58. The van der Waals surface area contributed by atoms with Crippen molar-refractivity contribution in [3.05, 3.63) is 12.2 Å². The Morgan fingerprint density at radius 3 is 2.28 bits per heavy atom. The number of allylic oxidation sites excluding steroid dienone is 1. The number of aliphatic hydroxyl groups is 1. The van der Waals surface area contributed by atoms with E-state index >= 15 is 8.78 Å². The number of halogens is 2. The Bertz CT molecular complexity index is 568. The molecule has 0 unspecified atom stereocenters. The maximum Gasteiger partial charge on any atom is 0.251 e. The molecule has 0 heterocycles. The smallest absolute Gasteiger partial charge is 0.251 e. The molecule has 3 heteroatoms. The summed E-state index contributed by atoms with van der Waals surface area (Å²) in [5.74, 6) is -1.55. The van der Waals surface area contributed by atoms with Crippen LogP contribution in [-0.2, 0) is 0 Å². The summed E-state index contributed by atoms with van der Waals surface area (Å²) in [6.07, 6.45) is 6.30. The van der Waals surface area contributed by atoms with E-state index in [1.54, 1.807) is 6.92 Å². The highest BCUT2D eigenvalue weighted by Gasteiger charge is 2.63. The van der Waals surface area contributed by atoms with E-state index in [2.05, 4.69) is 20.4 Å². The Morgan fingerprint density at radius 2 is 1.60 bits per heavy atom. The van der Waals surface area contributed by atoms with Crippen molar-refractivity contribution in [2.75, 3.05) is 0 Å². The van der Waals surface area contributed by atoms with Crippen LogP contribution >= 0.6 is 0 Å². The Morgan fingerprint density at radius 1 is 0.920 bits per heavy atom. The zero-order valence-corrected chi connectivity index (χ0v) is 16.0. The maximum absolute atomic E-state index is 15.2. The van der Waals surface area contributed by atoms with Crippen LogP contribution in [0, 0.1) is 40.9 Å². The Labute approximate surface area is 151 Å². The van der Waals surface area contributed by atoms with E-state index in [4.69, 9.17) is 0 Å². The summed E-state index contributed by atoms with van der Waals surface area (Å²) >= 11 is 0.